The lowest BCUT2D eigenvalue weighted by atomic mass is 9.99. The molecule has 1 aliphatic rings. The highest BCUT2D eigenvalue weighted by atomic mass is 35.5. The largest absolute Gasteiger partial charge is 0.414 e. The van der Waals surface area contributed by atoms with E-state index in [4.69, 9.17) is 15.2 Å². The summed E-state index contributed by atoms with van der Waals surface area (Å²) in [5, 5.41) is 0. The molecule has 2 rings (SSSR count). The molecule has 0 fully saturated rings. The van der Waals surface area contributed by atoms with Crippen LogP contribution in [0.3, 0.4) is 0 Å². The number of benzene rings is 1. The van der Waals surface area contributed by atoms with E-state index in [1.807, 2.05) is 19.1 Å². The molecule has 1 unspecified atom stereocenters. The van der Waals surface area contributed by atoms with E-state index in [0.717, 1.165) is 11.1 Å². The molecule has 2 N–H and O–H groups in total. The van der Waals surface area contributed by atoms with Gasteiger partial charge in [0.15, 0.2) is 0 Å². The zero-order valence-electron chi connectivity index (χ0n) is 11.1. The van der Waals surface area contributed by atoms with Crippen molar-refractivity contribution in [1.82, 2.24) is 4.90 Å². The number of amides is 1. The topological polar surface area (TPSA) is 64.8 Å². The summed E-state index contributed by atoms with van der Waals surface area (Å²) >= 11 is 0. The SMILES string of the molecule is CCN(C)C(=O)Oc1ccc2c(c1)COCC2N.Cl. The minimum absolute atomic E-state index is 0. The summed E-state index contributed by atoms with van der Waals surface area (Å²) in [6.07, 6.45) is -0.363. The van der Waals surface area contributed by atoms with Crippen molar-refractivity contribution < 1.29 is 14.3 Å². The molecule has 1 amide bonds. The maximum Gasteiger partial charge on any atom is 0.414 e. The van der Waals surface area contributed by atoms with Gasteiger partial charge in [-0.3, -0.25) is 0 Å². The molecule has 0 bridgehead atoms. The lowest BCUT2D eigenvalue weighted by Crippen LogP contribution is -2.29. The molecule has 0 saturated heterocycles. The van der Waals surface area contributed by atoms with E-state index in [2.05, 4.69) is 0 Å². The van der Waals surface area contributed by atoms with Crippen molar-refractivity contribution in [2.24, 2.45) is 5.73 Å². The van der Waals surface area contributed by atoms with Crippen molar-refractivity contribution in [2.45, 2.75) is 19.6 Å². The molecule has 0 spiro atoms. The lowest BCUT2D eigenvalue weighted by Gasteiger charge is -2.23. The maximum atomic E-state index is 11.6. The van der Waals surface area contributed by atoms with Gasteiger partial charge in [-0.25, -0.2) is 4.79 Å². The molecule has 1 aromatic carbocycles. The Labute approximate surface area is 119 Å². The van der Waals surface area contributed by atoms with Gasteiger partial charge < -0.3 is 20.1 Å². The van der Waals surface area contributed by atoms with E-state index in [1.54, 1.807) is 13.1 Å². The molecule has 0 radical (unpaired) electrons. The van der Waals surface area contributed by atoms with Gasteiger partial charge in [-0.15, -0.1) is 12.4 Å². The van der Waals surface area contributed by atoms with E-state index in [-0.39, 0.29) is 24.5 Å². The first-order valence-electron chi connectivity index (χ1n) is 6.01. The number of carbonyl (C=O) groups excluding carboxylic acids is 1. The van der Waals surface area contributed by atoms with Crippen molar-refractivity contribution in [3.63, 3.8) is 0 Å². The Kier molecular flexibility index (Phi) is 5.60. The van der Waals surface area contributed by atoms with Gasteiger partial charge in [0, 0.05) is 13.6 Å². The highest BCUT2D eigenvalue weighted by Crippen LogP contribution is 2.27. The van der Waals surface area contributed by atoms with Gasteiger partial charge in [-0.05, 0) is 30.2 Å². The number of hydrogen-bond acceptors (Lipinski definition) is 4. The number of carbonyl (C=O) groups is 1. The molecule has 1 aliphatic heterocycles. The smallest absolute Gasteiger partial charge is 0.410 e. The number of nitrogens with two attached hydrogens (primary N) is 1. The highest BCUT2D eigenvalue weighted by molar-refractivity contribution is 5.85. The summed E-state index contributed by atoms with van der Waals surface area (Å²) in [5.74, 6) is 0.525. The molecule has 6 heteroatoms. The summed E-state index contributed by atoms with van der Waals surface area (Å²) in [5.41, 5.74) is 7.97. The van der Waals surface area contributed by atoms with Crippen LogP contribution in [-0.2, 0) is 11.3 Å². The van der Waals surface area contributed by atoms with Gasteiger partial charge in [0.05, 0.1) is 19.3 Å². The van der Waals surface area contributed by atoms with Gasteiger partial charge in [0.1, 0.15) is 5.75 Å². The van der Waals surface area contributed by atoms with Crippen LogP contribution in [0.4, 0.5) is 4.79 Å². The van der Waals surface area contributed by atoms with Crippen LogP contribution >= 0.6 is 12.4 Å². The molecule has 0 saturated carbocycles. The monoisotopic (exact) mass is 286 g/mol. The van der Waals surface area contributed by atoms with Crippen LogP contribution in [0.15, 0.2) is 18.2 Å². The number of rotatable bonds is 2. The summed E-state index contributed by atoms with van der Waals surface area (Å²) in [7, 11) is 1.69. The Hall–Kier alpha value is -1.30. The molecule has 5 nitrogen and oxygen atoms in total. The zero-order chi connectivity index (χ0) is 13.1. The van der Waals surface area contributed by atoms with Crippen molar-refractivity contribution in [3.05, 3.63) is 29.3 Å². The Bertz CT molecular complexity index is 454. The van der Waals surface area contributed by atoms with E-state index in [1.165, 1.54) is 4.90 Å². The maximum absolute atomic E-state index is 11.6. The fraction of sp³-hybridized carbons (Fsp3) is 0.462. The van der Waals surface area contributed by atoms with Crippen molar-refractivity contribution >= 4 is 18.5 Å². The van der Waals surface area contributed by atoms with Crippen LogP contribution in [0.1, 0.15) is 24.1 Å². The number of hydrogen-bond donors (Lipinski definition) is 1. The first kappa shape index (κ1) is 15.8. The van der Waals surface area contributed by atoms with Gasteiger partial charge in [-0.2, -0.15) is 0 Å². The molecule has 0 aliphatic carbocycles. The fourth-order valence-corrected chi connectivity index (χ4v) is 1.83. The minimum Gasteiger partial charge on any atom is -0.410 e. The van der Waals surface area contributed by atoms with Crippen LogP contribution in [0.2, 0.25) is 0 Å². The normalized spacial score (nSPS) is 17.1. The van der Waals surface area contributed by atoms with Crippen LogP contribution < -0.4 is 10.5 Å². The van der Waals surface area contributed by atoms with E-state index < -0.39 is 0 Å². The second-order valence-corrected chi connectivity index (χ2v) is 4.36. The Morgan fingerprint density at radius 3 is 3.00 bits per heavy atom. The minimum atomic E-state index is -0.363. The van der Waals surface area contributed by atoms with Crippen molar-refractivity contribution in [2.75, 3.05) is 20.2 Å². The highest BCUT2D eigenvalue weighted by Gasteiger charge is 2.18. The van der Waals surface area contributed by atoms with E-state index >= 15 is 0 Å². The summed E-state index contributed by atoms with van der Waals surface area (Å²) < 4.78 is 10.6. The van der Waals surface area contributed by atoms with Gasteiger partial charge in [0.2, 0.25) is 0 Å². The fourth-order valence-electron chi connectivity index (χ4n) is 1.83. The van der Waals surface area contributed by atoms with Crippen molar-refractivity contribution in [1.29, 1.82) is 0 Å². The van der Waals surface area contributed by atoms with Crippen LogP contribution in [0.5, 0.6) is 5.75 Å². The lowest BCUT2D eigenvalue weighted by molar-refractivity contribution is 0.0921. The second-order valence-electron chi connectivity index (χ2n) is 4.36. The molecule has 106 valence electrons. The summed E-state index contributed by atoms with van der Waals surface area (Å²) in [4.78, 5) is 13.1. The predicted octanol–water partition coefficient (Wildman–Crippen LogP) is 2.09. The third kappa shape index (κ3) is 3.59. The molecule has 1 atom stereocenters. The number of halogens is 1. The number of ether oxygens (including phenoxy) is 2. The standard InChI is InChI=1S/C13H18N2O3.ClH/c1-3-15(2)13(16)18-10-4-5-11-9(6-10)7-17-8-12(11)14;/h4-6,12H,3,7-8,14H2,1-2H3;1H. The third-order valence-electron chi connectivity index (χ3n) is 3.06. The Balaban J connectivity index is 0.00000180. The quantitative estimate of drug-likeness (QED) is 0.904. The molecular formula is C13H19ClN2O3. The first-order valence-corrected chi connectivity index (χ1v) is 6.01. The van der Waals surface area contributed by atoms with Gasteiger partial charge in [0.25, 0.3) is 0 Å². The average Bonchev–Trinajstić information content (AvgIpc) is 2.38. The zero-order valence-corrected chi connectivity index (χ0v) is 11.9. The molecule has 19 heavy (non-hydrogen) atoms. The molecular weight excluding hydrogens is 268 g/mol. The predicted molar refractivity (Wildman–Crippen MR) is 74.6 cm³/mol. The number of nitrogens with zero attached hydrogens (tertiary/aromatic N) is 1. The number of fused-ring (bicyclic) bond motifs is 1. The van der Waals surface area contributed by atoms with Crippen LogP contribution in [0, 0.1) is 0 Å². The van der Waals surface area contributed by atoms with Crippen LogP contribution in [0.25, 0.3) is 0 Å². The Morgan fingerprint density at radius 1 is 1.58 bits per heavy atom. The van der Waals surface area contributed by atoms with Crippen molar-refractivity contribution in [3.8, 4) is 5.75 Å². The first-order chi connectivity index (χ1) is 8.61. The summed E-state index contributed by atoms with van der Waals surface area (Å²) in [6, 6.07) is 5.38. The molecule has 0 aromatic heterocycles. The third-order valence-corrected chi connectivity index (χ3v) is 3.06. The molecule has 1 aromatic rings. The van der Waals surface area contributed by atoms with Crippen LogP contribution in [-0.4, -0.2) is 31.2 Å². The van der Waals surface area contributed by atoms with E-state index in [9.17, 15) is 4.79 Å². The second kappa shape index (κ2) is 6.75. The average molecular weight is 287 g/mol. The van der Waals surface area contributed by atoms with Gasteiger partial charge in [-0.1, -0.05) is 6.07 Å². The van der Waals surface area contributed by atoms with Gasteiger partial charge >= 0.3 is 6.09 Å². The van der Waals surface area contributed by atoms with E-state index in [0.29, 0.717) is 25.5 Å². The summed E-state index contributed by atoms with van der Waals surface area (Å²) in [6.45, 7) is 3.54. The Morgan fingerprint density at radius 2 is 2.32 bits per heavy atom. The molecule has 1 heterocycles.